The van der Waals surface area contributed by atoms with E-state index in [4.69, 9.17) is 10.2 Å². The second kappa shape index (κ2) is 10.9. The number of benzene rings is 6. The minimum Gasteiger partial charge on any atom is -0.340 e. The van der Waals surface area contributed by atoms with Crippen LogP contribution in [0.25, 0.3) is 0 Å². The van der Waals surface area contributed by atoms with Gasteiger partial charge in [0, 0.05) is 0 Å². The Labute approximate surface area is 236 Å². The maximum atomic E-state index is 8.65. The first kappa shape index (κ1) is 20.3. The molecule has 39 heavy (non-hydrogen) atoms. The van der Waals surface area contributed by atoms with Crippen LogP contribution in [0.15, 0.2) is 182 Å². The molecule has 0 bridgehead atoms. The number of hydrogen-bond donors (Lipinski definition) is 0. The molecule has 1 nitrogen and oxygen atoms in total. The van der Waals surface area contributed by atoms with E-state index in [0.717, 1.165) is 27.8 Å². The fourth-order valence-corrected chi connectivity index (χ4v) is 5.41. The van der Waals surface area contributed by atoms with Crippen LogP contribution in [0, 0.1) is 0 Å². The van der Waals surface area contributed by atoms with Crippen molar-refractivity contribution in [1.82, 2.24) is 0 Å². The first-order chi connectivity index (χ1) is 20.9. The molecule has 0 saturated heterocycles. The van der Waals surface area contributed by atoms with E-state index in [-0.39, 0.29) is 12.1 Å². The van der Waals surface area contributed by atoms with E-state index in [1.165, 1.54) is 0 Å². The van der Waals surface area contributed by atoms with E-state index in [9.17, 15) is 0 Å². The van der Waals surface area contributed by atoms with E-state index in [0.29, 0.717) is 17.6 Å². The molecule has 0 aromatic heterocycles. The highest BCUT2D eigenvalue weighted by molar-refractivity contribution is 5.52. The standard InChI is InChI=1S/C38H30O/c1-7-19-31(20-8-1)37(32-21-9-2-10-22-32,33-23-11-3-12-24-33)39-38(34-25-13-4-14-26-34,35-27-15-5-16-28-35)36-29-17-6-18-30-36/h1-30H/i1D,2D,3D,7D. The first-order valence-corrected chi connectivity index (χ1v) is 13.0. The van der Waals surface area contributed by atoms with Gasteiger partial charge in [-0.2, -0.15) is 0 Å². The Bertz CT molecular complexity index is 1660. The molecule has 1 heteroatoms. The van der Waals surface area contributed by atoms with E-state index in [1.807, 2.05) is 84.9 Å². The molecule has 6 aromatic carbocycles. The molecule has 0 aliphatic rings. The maximum Gasteiger partial charge on any atom is 0.145 e. The van der Waals surface area contributed by atoms with Gasteiger partial charge in [-0.05, 0) is 33.4 Å². The molecule has 0 unspecified atom stereocenters. The van der Waals surface area contributed by atoms with Gasteiger partial charge in [0.05, 0.1) is 5.48 Å². The summed E-state index contributed by atoms with van der Waals surface area (Å²) in [5, 5.41) is 0. The molecule has 6 aromatic rings. The molecule has 0 atom stereocenters. The van der Waals surface area contributed by atoms with Crippen molar-refractivity contribution >= 4 is 0 Å². The number of hydrogen-bond acceptors (Lipinski definition) is 1. The highest BCUT2D eigenvalue weighted by Crippen LogP contribution is 2.51. The molecule has 0 aliphatic carbocycles. The molecular formula is C38H30O. The van der Waals surface area contributed by atoms with Crippen LogP contribution in [0.2, 0.25) is 0 Å². The molecule has 6 rings (SSSR count). The third-order valence-electron chi connectivity index (χ3n) is 7.16. The quantitative estimate of drug-likeness (QED) is 0.187. The molecule has 188 valence electrons. The van der Waals surface area contributed by atoms with Gasteiger partial charge >= 0.3 is 0 Å². The van der Waals surface area contributed by atoms with Crippen molar-refractivity contribution in [2.24, 2.45) is 0 Å². The monoisotopic (exact) mass is 506 g/mol. The van der Waals surface area contributed by atoms with Crippen LogP contribution < -0.4 is 0 Å². The van der Waals surface area contributed by atoms with E-state index < -0.39 is 11.2 Å². The Hall–Kier alpha value is -4.72. The molecule has 0 spiro atoms. The molecule has 0 aliphatic heterocycles. The molecular weight excluding hydrogens is 472 g/mol. The van der Waals surface area contributed by atoms with Gasteiger partial charge in [0.15, 0.2) is 0 Å². The summed E-state index contributed by atoms with van der Waals surface area (Å²) in [6.45, 7) is 0. The van der Waals surface area contributed by atoms with Crippen LogP contribution in [0.5, 0.6) is 0 Å². The smallest absolute Gasteiger partial charge is 0.145 e. The zero-order valence-corrected chi connectivity index (χ0v) is 21.4. The van der Waals surface area contributed by atoms with E-state index >= 15 is 0 Å². The van der Waals surface area contributed by atoms with E-state index in [2.05, 4.69) is 36.4 Å². The Morgan fingerprint density at radius 3 is 0.923 bits per heavy atom. The topological polar surface area (TPSA) is 9.23 Å². The fraction of sp³-hybridized carbons (Fsp3) is 0.0526. The summed E-state index contributed by atoms with van der Waals surface area (Å²) in [6, 6.07) is 50.9. The Kier molecular flexibility index (Phi) is 5.69. The Balaban J connectivity index is 1.78. The van der Waals surface area contributed by atoms with Crippen LogP contribution in [-0.2, 0) is 15.9 Å². The van der Waals surface area contributed by atoms with Gasteiger partial charge in [-0.15, -0.1) is 0 Å². The predicted octanol–water partition coefficient (Wildman–Crippen LogP) is 8.99. The molecule has 0 N–H and O–H groups in total. The van der Waals surface area contributed by atoms with Gasteiger partial charge in [0.1, 0.15) is 11.2 Å². The SMILES string of the molecule is [2H]c1ccc(C(OC(c2ccccc2)(c2ccccc2)c2ccccc2)(c2ccc([2H])cc2)c2ccc([2H])c([2H])c2)cc1. The molecule has 0 amide bonds. The third kappa shape index (κ3) is 4.48. The van der Waals surface area contributed by atoms with Gasteiger partial charge < -0.3 is 4.74 Å². The van der Waals surface area contributed by atoms with Crippen molar-refractivity contribution < 1.29 is 10.2 Å². The molecule has 0 saturated carbocycles. The lowest BCUT2D eigenvalue weighted by molar-refractivity contribution is -0.0810. The van der Waals surface area contributed by atoms with Crippen molar-refractivity contribution in [3.8, 4) is 0 Å². The summed E-state index contributed by atoms with van der Waals surface area (Å²) in [5.41, 5.74) is 2.43. The molecule has 0 fully saturated rings. The van der Waals surface area contributed by atoms with Crippen LogP contribution in [0.4, 0.5) is 0 Å². The average molecular weight is 507 g/mol. The van der Waals surface area contributed by atoms with Crippen LogP contribution >= 0.6 is 0 Å². The maximum absolute atomic E-state index is 8.65. The van der Waals surface area contributed by atoms with Gasteiger partial charge in [-0.3, -0.25) is 0 Å². The molecule has 0 heterocycles. The van der Waals surface area contributed by atoms with Crippen molar-refractivity contribution in [3.05, 3.63) is 215 Å². The van der Waals surface area contributed by atoms with Gasteiger partial charge in [0.25, 0.3) is 0 Å². The summed E-state index contributed by atoms with van der Waals surface area (Å²) < 4.78 is 41.3. The largest absolute Gasteiger partial charge is 0.340 e. The fourth-order valence-electron chi connectivity index (χ4n) is 5.41. The Morgan fingerprint density at radius 2 is 0.590 bits per heavy atom. The number of ether oxygens (including phenoxy) is 1. The van der Waals surface area contributed by atoms with E-state index in [1.54, 1.807) is 36.4 Å². The van der Waals surface area contributed by atoms with Crippen molar-refractivity contribution in [1.29, 1.82) is 0 Å². The second-order valence-electron chi connectivity index (χ2n) is 9.36. The number of rotatable bonds is 8. The molecule has 0 radical (unpaired) electrons. The first-order valence-electron chi connectivity index (χ1n) is 15.0. The predicted molar refractivity (Wildman–Crippen MR) is 160 cm³/mol. The van der Waals surface area contributed by atoms with Crippen molar-refractivity contribution in [2.75, 3.05) is 0 Å². The zero-order chi connectivity index (χ0) is 29.9. The lowest BCUT2D eigenvalue weighted by Crippen LogP contribution is -2.44. The lowest BCUT2D eigenvalue weighted by atomic mass is 9.75. The van der Waals surface area contributed by atoms with Crippen LogP contribution in [0.3, 0.4) is 0 Å². The van der Waals surface area contributed by atoms with Gasteiger partial charge in [0.2, 0.25) is 0 Å². The van der Waals surface area contributed by atoms with Gasteiger partial charge in [-0.25, -0.2) is 0 Å². The summed E-state index contributed by atoms with van der Waals surface area (Å²) in [7, 11) is 0. The normalized spacial score (nSPS) is 13.1. The minimum atomic E-state index is -1.33. The summed E-state index contributed by atoms with van der Waals surface area (Å²) in [4.78, 5) is 0. The lowest BCUT2D eigenvalue weighted by Gasteiger charge is -2.46. The van der Waals surface area contributed by atoms with Crippen LogP contribution in [-0.4, -0.2) is 0 Å². The second-order valence-corrected chi connectivity index (χ2v) is 9.36. The summed E-state index contributed by atoms with van der Waals surface area (Å²) in [6.07, 6.45) is 0. The Morgan fingerprint density at radius 1 is 0.308 bits per heavy atom. The van der Waals surface area contributed by atoms with Crippen molar-refractivity contribution in [3.63, 3.8) is 0 Å². The summed E-state index contributed by atoms with van der Waals surface area (Å²) >= 11 is 0. The zero-order valence-electron chi connectivity index (χ0n) is 25.4. The minimum absolute atomic E-state index is 0.0735. The highest BCUT2D eigenvalue weighted by atomic mass is 16.5. The summed E-state index contributed by atoms with van der Waals surface area (Å²) in [5.74, 6) is 0. The highest BCUT2D eigenvalue weighted by Gasteiger charge is 2.48. The van der Waals surface area contributed by atoms with Crippen molar-refractivity contribution in [2.45, 2.75) is 11.2 Å². The van der Waals surface area contributed by atoms with Gasteiger partial charge in [-0.1, -0.05) is 182 Å². The third-order valence-corrected chi connectivity index (χ3v) is 7.16. The van der Waals surface area contributed by atoms with Crippen LogP contribution in [0.1, 0.15) is 38.9 Å². The average Bonchev–Trinajstić information content (AvgIpc) is 3.06.